The maximum Gasteiger partial charge on any atom is 0.303 e. The van der Waals surface area contributed by atoms with E-state index >= 15 is 0 Å². The maximum atomic E-state index is 12.6. The van der Waals surface area contributed by atoms with Gasteiger partial charge in [-0.05, 0) is 36.3 Å². The van der Waals surface area contributed by atoms with Gasteiger partial charge in [0.15, 0.2) is 5.76 Å². The van der Waals surface area contributed by atoms with Crippen LogP contribution in [0.25, 0.3) is 17.0 Å². The van der Waals surface area contributed by atoms with Crippen LogP contribution in [0.2, 0.25) is 0 Å². The second-order valence-electron chi connectivity index (χ2n) is 6.93. The average Bonchev–Trinajstić information content (AvgIpc) is 3.29. The molecule has 1 fully saturated rings. The van der Waals surface area contributed by atoms with E-state index in [9.17, 15) is 14.4 Å². The fraction of sp³-hybridized carbons (Fsp3) is 0.130. The van der Waals surface area contributed by atoms with Gasteiger partial charge in [-0.3, -0.25) is 19.3 Å². The Labute approximate surface area is 187 Å². The second-order valence-corrected chi connectivity index (χ2v) is 8.61. The summed E-state index contributed by atoms with van der Waals surface area (Å²) in [5.41, 5.74) is 1.91. The first-order chi connectivity index (χ1) is 14.9. The molecule has 1 aliphatic rings. The highest BCUT2D eigenvalue weighted by molar-refractivity contribution is 8.26. The molecule has 0 bridgehead atoms. The highest BCUT2D eigenvalue weighted by atomic mass is 32.2. The highest BCUT2D eigenvalue weighted by Crippen LogP contribution is 2.33. The molecule has 2 heterocycles. The number of hydrogen-bond donors (Lipinski definition) is 1. The Morgan fingerprint density at radius 3 is 2.65 bits per heavy atom. The molecule has 0 spiro atoms. The van der Waals surface area contributed by atoms with Crippen molar-refractivity contribution in [3.8, 4) is 0 Å². The van der Waals surface area contributed by atoms with Gasteiger partial charge in [0.05, 0.1) is 4.91 Å². The zero-order chi connectivity index (χ0) is 22.0. The Hall–Kier alpha value is -3.23. The lowest BCUT2D eigenvalue weighted by Gasteiger charge is -2.13. The van der Waals surface area contributed by atoms with E-state index in [2.05, 4.69) is 0 Å². The van der Waals surface area contributed by atoms with E-state index in [1.807, 2.05) is 12.1 Å². The number of nitrogens with zero attached hydrogens (tertiary/aromatic N) is 1. The van der Waals surface area contributed by atoms with E-state index in [0.29, 0.717) is 26.8 Å². The van der Waals surface area contributed by atoms with E-state index in [1.54, 1.807) is 48.5 Å². The molecule has 1 N–H and O–H groups in total. The number of furan rings is 1. The van der Waals surface area contributed by atoms with E-state index in [-0.39, 0.29) is 30.4 Å². The molecule has 31 heavy (non-hydrogen) atoms. The van der Waals surface area contributed by atoms with Gasteiger partial charge in [-0.15, -0.1) is 0 Å². The third kappa shape index (κ3) is 4.60. The molecular weight excluding hydrogens is 434 g/mol. The number of rotatable bonds is 7. The van der Waals surface area contributed by atoms with Crippen LogP contribution < -0.4 is 0 Å². The molecule has 0 radical (unpaired) electrons. The van der Waals surface area contributed by atoms with Crippen LogP contribution in [0.4, 0.5) is 0 Å². The van der Waals surface area contributed by atoms with Gasteiger partial charge in [0.25, 0.3) is 5.91 Å². The molecule has 0 aliphatic carbocycles. The summed E-state index contributed by atoms with van der Waals surface area (Å²) in [6.07, 6.45) is 2.06. The number of amides is 1. The number of fused-ring (bicyclic) bond motifs is 1. The number of aliphatic carboxylic acids is 1. The van der Waals surface area contributed by atoms with Gasteiger partial charge in [-0.1, -0.05) is 60.4 Å². The van der Waals surface area contributed by atoms with Crippen LogP contribution in [0.15, 0.2) is 63.9 Å². The molecule has 156 valence electrons. The third-order valence-electron chi connectivity index (χ3n) is 4.74. The first-order valence-corrected chi connectivity index (χ1v) is 10.8. The minimum absolute atomic E-state index is 0.0166. The largest absolute Gasteiger partial charge is 0.481 e. The predicted octanol–water partition coefficient (Wildman–Crippen LogP) is 4.73. The fourth-order valence-corrected chi connectivity index (χ4v) is 4.54. The summed E-state index contributed by atoms with van der Waals surface area (Å²) >= 11 is 6.46. The highest BCUT2D eigenvalue weighted by Gasteiger charge is 2.31. The number of ketones is 1. The average molecular weight is 452 g/mol. The Bertz CT molecular complexity index is 1230. The lowest BCUT2D eigenvalue weighted by atomic mass is 10.1. The standard InChI is InChI=1S/C23H17NO5S2/c25-20(26)7-4-10-24-22(28)19(31-23(24)30)12-14-8-9-17-16(11-14)13-18(29-17)21(27)15-5-2-1-3-6-15/h1-3,5-6,8-9,11-13H,4,7,10H2,(H,25,26)/b19-12-. The summed E-state index contributed by atoms with van der Waals surface area (Å²) in [4.78, 5) is 37.9. The van der Waals surface area contributed by atoms with Gasteiger partial charge in [0.1, 0.15) is 9.90 Å². The van der Waals surface area contributed by atoms with Crippen LogP contribution in [0.1, 0.15) is 34.5 Å². The minimum atomic E-state index is -0.903. The number of carbonyl (C=O) groups excluding carboxylic acids is 2. The van der Waals surface area contributed by atoms with Crippen LogP contribution in [0.5, 0.6) is 0 Å². The van der Waals surface area contributed by atoms with Crippen molar-refractivity contribution in [2.24, 2.45) is 0 Å². The number of carbonyl (C=O) groups is 3. The van der Waals surface area contributed by atoms with Crippen molar-refractivity contribution >= 4 is 63.0 Å². The van der Waals surface area contributed by atoms with Gasteiger partial charge in [0.2, 0.25) is 5.78 Å². The minimum Gasteiger partial charge on any atom is -0.481 e. The molecule has 2 aromatic carbocycles. The van der Waals surface area contributed by atoms with E-state index in [0.717, 1.165) is 10.9 Å². The van der Waals surface area contributed by atoms with Gasteiger partial charge in [-0.25, -0.2) is 0 Å². The van der Waals surface area contributed by atoms with Gasteiger partial charge in [-0.2, -0.15) is 0 Å². The Morgan fingerprint density at radius 1 is 1.13 bits per heavy atom. The lowest BCUT2D eigenvalue weighted by molar-refractivity contribution is -0.137. The van der Waals surface area contributed by atoms with Crippen molar-refractivity contribution in [1.29, 1.82) is 0 Å². The van der Waals surface area contributed by atoms with Crippen LogP contribution in [0.3, 0.4) is 0 Å². The summed E-state index contributed by atoms with van der Waals surface area (Å²) in [5.74, 6) is -1.07. The first kappa shape index (κ1) is 21.0. The molecule has 1 saturated heterocycles. The van der Waals surface area contributed by atoms with Crippen molar-refractivity contribution in [3.63, 3.8) is 0 Å². The van der Waals surface area contributed by atoms with E-state index in [4.69, 9.17) is 21.7 Å². The molecule has 1 aromatic heterocycles. The number of carboxylic acids is 1. The Kier molecular flexibility index (Phi) is 6.01. The predicted molar refractivity (Wildman–Crippen MR) is 123 cm³/mol. The fourth-order valence-electron chi connectivity index (χ4n) is 3.23. The summed E-state index contributed by atoms with van der Waals surface area (Å²) in [5, 5.41) is 9.53. The van der Waals surface area contributed by atoms with E-state index in [1.165, 1.54) is 16.7 Å². The molecule has 1 aliphatic heterocycles. The van der Waals surface area contributed by atoms with E-state index < -0.39 is 5.97 Å². The van der Waals surface area contributed by atoms with Crippen LogP contribution >= 0.6 is 24.0 Å². The Balaban J connectivity index is 1.54. The number of hydrogen-bond acceptors (Lipinski definition) is 6. The summed E-state index contributed by atoms with van der Waals surface area (Å²) in [7, 11) is 0. The normalized spacial score (nSPS) is 15.2. The molecule has 6 nitrogen and oxygen atoms in total. The topological polar surface area (TPSA) is 87.8 Å². The maximum absolute atomic E-state index is 12.6. The summed E-state index contributed by atoms with van der Waals surface area (Å²) in [6, 6.07) is 16.0. The van der Waals surface area contributed by atoms with Crippen molar-refractivity contribution < 1.29 is 23.9 Å². The number of thioether (sulfide) groups is 1. The monoisotopic (exact) mass is 451 g/mol. The number of thiocarbonyl (C=S) groups is 1. The second kappa shape index (κ2) is 8.87. The zero-order valence-corrected chi connectivity index (χ0v) is 17.9. The number of carboxylic acid groups (broad SMARTS) is 1. The van der Waals surface area contributed by atoms with Crippen molar-refractivity contribution in [2.45, 2.75) is 12.8 Å². The van der Waals surface area contributed by atoms with Crippen LogP contribution in [-0.4, -0.2) is 38.5 Å². The lowest BCUT2D eigenvalue weighted by Crippen LogP contribution is -2.29. The molecular formula is C23H17NO5S2. The molecule has 4 rings (SSSR count). The molecule has 0 saturated carbocycles. The molecule has 8 heteroatoms. The van der Waals surface area contributed by atoms with Crippen molar-refractivity contribution in [2.75, 3.05) is 6.54 Å². The van der Waals surface area contributed by atoms with Gasteiger partial charge in [0, 0.05) is 23.9 Å². The quantitative estimate of drug-likeness (QED) is 0.316. The summed E-state index contributed by atoms with van der Waals surface area (Å²) in [6.45, 7) is 0.278. The molecule has 1 amide bonds. The van der Waals surface area contributed by atoms with Crippen LogP contribution in [0, 0.1) is 0 Å². The zero-order valence-electron chi connectivity index (χ0n) is 16.2. The smallest absolute Gasteiger partial charge is 0.303 e. The van der Waals surface area contributed by atoms with Crippen molar-refractivity contribution in [3.05, 3.63) is 76.4 Å². The molecule has 0 atom stereocenters. The first-order valence-electron chi connectivity index (χ1n) is 9.53. The number of benzene rings is 2. The van der Waals surface area contributed by atoms with Gasteiger partial charge < -0.3 is 9.52 Å². The summed E-state index contributed by atoms with van der Waals surface area (Å²) < 4.78 is 6.13. The molecule has 3 aromatic rings. The molecule has 0 unspecified atom stereocenters. The van der Waals surface area contributed by atoms with Gasteiger partial charge >= 0.3 is 5.97 Å². The third-order valence-corrected chi connectivity index (χ3v) is 6.12. The SMILES string of the molecule is O=C(O)CCCN1C(=O)/C(=C/c2ccc3oc(C(=O)c4ccccc4)cc3c2)SC1=S. The van der Waals surface area contributed by atoms with Crippen molar-refractivity contribution in [1.82, 2.24) is 4.90 Å². The van der Waals surface area contributed by atoms with Crippen LogP contribution in [-0.2, 0) is 9.59 Å². The Morgan fingerprint density at radius 2 is 1.90 bits per heavy atom.